The van der Waals surface area contributed by atoms with Gasteiger partial charge in [-0.1, -0.05) is 30.3 Å². The fraction of sp³-hybridized carbons (Fsp3) is 0.115. The maximum atomic E-state index is 12.9. The van der Waals surface area contributed by atoms with Crippen LogP contribution in [0.3, 0.4) is 0 Å². The smallest absolute Gasteiger partial charge is 0.232 e. The first-order valence-corrected chi connectivity index (χ1v) is 14.1. The van der Waals surface area contributed by atoms with Gasteiger partial charge in [-0.25, -0.2) is 18.4 Å². The Morgan fingerprint density at radius 2 is 1.92 bits per heavy atom. The minimum absolute atomic E-state index is 0.152. The molecule has 0 aliphatic rings. The Morgan fingerprint density at radius 3 is 2.62 bits per heavy atom. The van der Waals surface area contributed by atoms with Crippen molar-refractivity contribution in [2.24, 2.45) is 7.05 Å². The third kappa shape index (κ3) is 4.43. The van der Waals surface area contributed by atoms with E-state index in [1.165, 1.54) is 21.9 Å². The molecule has 0 bridgehead atoms. The summed E-state index contributed by atoms with van der Waals surface area (Å²) in [6.07, 6.45) is 9.98. The summed E-state index contributed by atoms with van der Waals surface area (Å²) in [7, 11) is -1.76. The minimum Gasteiger partial charge on any atom is -0.455 e. The summed E-state index contributed by atoms with van der Waals surface area (Å²) in [4.78, 5) is 12.9. The predicted molar refractivity (Wildman–Crippen MR) is 145 cm³/mol. The van der Waals surface area contributed by atoms with Crippen molar-refractivity contribution in [3.8, 4) is 33.3 Å². The lowest BCUT2D eigenvalue weighted by molar-refractivity contribution is 0.596. The summed E-state index contributed by atoms with van der Waals surface area (Å²) < 4.78 is 35.2. The summed E-state index contributed by atoms with van der Waals surface area (Å²) in [5.41, 5.74) is 3.69. The first-order chi connectivity index (χ1) is 17.9. The molecule has 6 rings (SSSR count). The van der Waals surface area contributed by atoms with Crippen LogP contribution >= 0.6 is 11.3 Å². The predicted octanol–water partition coefficient (Wildman–Crippen LogP) is 5.31. The Bertz CT molecular complexity index is 1800. The number of aryl methyl sites for hydroxylation is 1. The summed E-state index contributed by atoms with van der Waals surface area (Å²) in [5.74, 6) is 1.34. The van der Waals surface area contributed by atoms with E-state index in [1.807, 2.05) is 49.6 Å². The van der Waals surface area contributed by atoms with Gasteiger partial charge in [0.05, 0.1) is 30.2 Å². The molecular weight excluding hydrogens is 508 g/mol. The van der Waals surface area contributed by atoms with Crippen LogP contribution in [-0.2, 0) is 23.6 Å². The number of hydrogen-bond donors (Lipinski definition) is 1. The van der Waals surface area contributed by atoms with Gasteiger partial charge in [0.1, 0.15) is 22.2 Å². The number of rotatable bonds is 7. The zero-order chi connectivity index (χ0) is 25.6. The van der Waals surface area contributed by atoms with Crippen LogP contribution in [0.15, 0.2) is 83.9 Å². The van der Waals surface area contributed by atoms with Crippen LogP contribution in [0.1, 0.15) is 4.88 Å². The second kappa shape index (κ2) is 9.02. The molecule has 0 spiro atoms. The summed E-state index contributed by atoms with van der Waals surface area (Å²) >= 11 is 1.44. The number of hydrogen-bond acceptors (Lipinski definition) is 7. The lowest BCUT2D eigenvalue weighted by Gasteiger charge is -2.21. The van der Waals surface area contributed by atoms with Crippen LogP contribution in [0.5, 0.6) is 0 Å². The molecule has 0 atom stereocenters. The number of thiazole rings is 1. The molecule has 0 amide bonds. The van der Waals surface area contributed by atoms with E-state index in [4.69, 9.17) is 4.42 Å². The standard InChI is InChI=1S/C26H22N6O3S2/c1-31-15-18(13-30-31)26-29-14-20(36-26)16-32(37(2,33)34)19-8-9-21-22(12-19)35-24(17-6-4-3-5-7-17)23(21)25-27-10-11-28-25/h3-15H,16H2,1-2H3,(H,27,28). The van der Waals surface area contributed by atoms with E-state index in [0.29, 0.717) is 22.9 Å². The van der Waals surface area contributed by atoms with Gasteiger partial charge in [0.2, 0.25) is 10.0 Å². The number of aromatic amines is 1. The SMILES string of the molecule is Cn1cc(-c2ncc(CN(c3ccc4c(-c5ncc[nH]5)c(-c5ccccc5)oc4c3)S(C)(=O)=O)s2)cn1. The topological polar surface area (TPSA) is 110 Å². The Morgan fingerprint density at radius 1 is 1.08 bits per heavy atom. The van der Waals surface area contributed by atoms with Gasteiger partial charge < -0.3 is 9.40 Å². The van der Waals surface area contributed by atoms with Crippen molar-refractivity contribution in [1.29, 1.82) is 0 Å². The Labute approximate surface area is 217 Å². The van der Waals surface area contributed by atoms with Crippen LogP contribution in [0, 0.1) is 0 Å². The van der Waals surface area contributed by atoms with Crippen molar-refractivity contribution in [2.75, 3.05) is 10.6 Å². The van der Waals surface area contributed by atoms with Crippen LogP contribution in [0.25, 0.3) is 44.3 Å². The molecule has 11 heteroatoms. The number of nitrogens with zero attached hydrogens (tertiary/aromatic N) is 5. The highest BCUT2D eigenvalue weighted by Gasteiger charge is 2.24. The molecule has 2 aromatic carbocycles. The number of nitrogens with one attached hydrogen (secondary N) is 1. The van der Waals surface area contributed by atoms with E-state index < -0.39 is 10.0 Å². The highest BCUT2D eigenvalue weighted by molar-refractivity contribution is 7.92. The Kier molecular flexibility index (Phi) is 5.65. The molecule has 0 aliphatic heterocycles. The number of imidazole rings is 1. The number of H-pyrrole nitrogens is 1. The van der Waals surface area contributed by atoms with Crippen LogP contribution in [-0.4, -0.2) is 39.4 Å². The number of benzene rings is 2. The number of anilines is 1. The average molecular weight is 531 g/mol. The van der Waals surface area contributed by atoms with E-state index in [1.54, 1.807) is 41.6 Å². The van der Waals surface area contributed by atoms with E-state index in [0.717, 1.165) is 32.0 Å². The lowest BCUT2D eigenvalue weighted by atomic mass is 10.0. The van der Waals surface area contributed by atoms with Gasteiger partial charge in [0, 0.05) is 59.3 Å². The maximum absolute atomic E-state index is 12.9. The van der Waals surface area contributed by atoms with Crippen LogP contribution < -0.4 is 4.31 Å². The highest BCUT2D eigenvalue weighted by Crippen LogP contribution is 2.41. The molecule has 4 heterocycles. The van der Waals surface area contributed by atoms with Crippen molar-refractivity contribution in [2.45, 2.75) is 6.54 Å². The number of fused-ring (bicyclic) bond motifs is 1. The molecule has 0 radical (unpaired) electrons. The van der Waals surface area contributed by atoms with Crippen molar-refractivity contribution in [3.05, 3.63) is 84.4 Å². The third-order valence-corrected chi connectivity index (χ3v) is 8.11. The molecule has 4 aromatic heterocycles. The van der Waals surface area contributed by atoms with Crippen molar-refractivity contribution in [1.82, 2.24) is 24.7 Å². The molecule has 6 aromatic rings. The van der Waals surface area contributed by atoms with Gasteiger partial charge in [0.15, 0.2) is 0 Å². The number of furan rings is 1. The van der Waals surface area contributed by atoms with Crippen LogP contribution in [0.4, 0.5) is 5.69 Å². The number of aromatic nitrogens is 5. The monoisotopic (exact) mass is 530 g/mol. The summed E-state index contributed by atoms with van der Waals surface area (Å²) in [6.45, 7) is 0.152. The molecule has 0 unspecified atom stereocenters. The summed E-state index contributed by atoms with van der Waals surface area (Å²) in [6, 6.07) is 15.2. The largest absolute Gasteiger partial charge is 0.455 e. The Hall–Kier alpha value is -4.22. The summed E-state index contributed by atoms with van der Waals surface area (Å²) in [5, 5.41) is 5.81. The molecule has 0 saturated heterocycles. The molecule has 37 heavy (non-hydrogen) atoms. The molecule has 1 N–H and O–H groups in total. The van der Waals surface area contributed by atoms with Gasteiger partial charge in [-0.05, 0) is 12.1 Å². The second-order valence-corrected chi connectivity index (χ2v) is 11.6. The molecule has 9 nitrogen and oxygen atoms in total. The van der Waals surface area contributed by atoms with Gasteiger partial charge in [0.25, 0.3) is 0 Å². The van der Waals surface area contributed by atoms with Crippen molar-refractivity contribution >= 4 is 38.0 Å². The first-order valence-electron chi connectivity index (χ1n) is 11.4. The van der Waals surface area contributed by atoms with E-state index >= 15 is 0 Å². The molecular formula is C26H22N6O3S2. The maximum Gasteiger partial charge on any atom is 0.232 e. The normalized spacial score (nSPS) is 11.8. The molecule has 186 valence electrons. The van der Waals surface area contributed by atoms with Gasteiger partial charge in [-0.2, -0.15) is 5.10 Å². The average Bonchev–Trinajstić information content (AvgIpc) is 3.68. The van der Waals surface area contributed by atoms with E-state index in [-0.39, 0.29) is 6.54 Å². The highest BCUT2D eigenvalue weighted by atomic mass is 32.2. The second-order valence-electron chi connectivity index (χ2n) is 8.59. The minimum atomic E-state index is -3.60. The van der Waals surface area contributed by atoms with Gasteiger partial charge in [-0.15, -0.1) is 11.3 Å². The molecule has 0 saturated carbocycles. The fourth-order valence-electron chi connectivity index (χ4n) is 4.26. The van der Waals surface area contributed by atoms with E-state index in [9.17, 15) is 8.42 Å². The van der Waals surface area contributed by atoms with Gasteiger partial charge in [-0.3, -0.25) is 8.99 Å². The fourth-order valence-corrected chi connectivity index (χ4v) is 6.09. The number of sulfonamides is 1. The van der Waals surface area contributed by atoms with Gasteiger partial charge >= 0.3 is 0 Å². The first kappa shape index (κ1) is 23.2. The Balaban J connectivity index is 1.42. The third-order valence-electron chi connectivity index (χ3n) is 5.94. The molecule has 0 aliphatic carbocycles. The van der Waals surface area contributed by atoms with E-state index in [2.05, 4.69) is 20.1 Å². The zero-order valence-corrected chi connectivity index (χ0v) is 21.6. The molecule has 0 fully saturated rings. The van der Waals surface area contributed by atoms with Crippen LogP contribution in [0.2, 0.25) is 0 Å². The quantitative estimate of drug-likeness (QED) is 0.299. The van der Waals surface area contributed by atoms with Crippen molar-refractivity contribution in [3.63, 3.8) is 0 Å². The zero-order valence-electron chi connectivity index (χ0n) is 20.0. The van der Waals surface area contributed by atoms with Crippen molar-refractivity contribution < 1.29 is 12.8 Å². The lowest BCUT2D eigenvalue weighted by Crippen LogP contribution is -2.28.